The Hall–Kier alpha value is -3.24. The fourth-order valence-electron chi connectivity index (χ4n) is 3.14. The van der Waals surface area contributed by atoms with Crippen LogP contribution in [0, 0.1) is 0 Å². The van der Waals surface area contributed by atoms with Gasteiger partial charge in [-0.05, 0) is 30.7 Å². The number of hydrogen-bond acceptors (Lipinski definition) is 6. The summed E-state index contributed by atoms with van der Waals surface area (Å²) in [5, 5.41) is 11.7. The third-order valence-electron chi connectivity index (χ3n) is 4.66. The molecule has 0 bridgehead atoms. The summed E-state index contributed by atoms with van der Waals surface area (Å²) in [6.07, 6.45) is 0.689. The number of alkyl halides is 1. The van der Waals surface area contributed by atoms with Crippen molar-refractivity contribution in [2.45, 2.75) is 12.6 Å². The van der Waals surface area contributed by atoms with Crippen molar-refractivity contribution < 1.29 is 14.0 Å². The Balaban J connectivity index is 1.58. The molecule has 160 valence electrons. The zero-order valence-electron chi connectivity index (χ0n) is 15.9. The lowest BCUT2D eigenvalue weighted by Gasteiger charge is -2.15. The normalized spacial score (nSPS) is 15.8. The first-order valence-corrected chi connectivity index (χ1v) is 9.97. The molecule has 0 aliphatic carbocycles. The van der Waals surface area contributed by atoms with E-state index in [4.69, 9.17) is 28.9 Å². The van der Waals surface area contributed by atoms with E-state index in [-0.39, 0.29) is 39.7 Å². The summed E-state index contributed by atoms with van der Waals surface area (Å²) in [4.78, 5) is 31.0. The van der Waals surface area contributed by atoms with Crippen LogP contribution in [-0.2, 0) is 0 Å². The van der Waals surface area contributed by atoms with Crippen molar-refractivity contribution in [2.24, 2.45) is 5.73 Å². The first-order chi connectivity index (χ1) is 14.8. The lowest BCUT2D eigenvalue weighted by atomic mass is 10.2. The molecule has 0 radical (unpaired) electrons. The van der Waals surface area contributed by atoms with Gasteiger partial charge in [-0.2, -0.15) is 0 Å². The number of nitrogens with zero attached hydrogens (tertiary/aromatic N) is 5. The van der Waals surface area contributed by atoms with Crippen LogP contribution < -0.4 is 11.1 Å². The predicted octanol–water partition coefficient (Wildman–Crippen LogP) is 3.00. The van der Waals surface area contributed by atoms with Crippen LogP contribution >= 0.6 is 23.2 Å². The molecule has 0 saturated carbocycles. The van der Waals surface area contributed by atoms with Gasteiger partial charge in [-0.15, -0.1) is 15.0 Å². The second-order valence-corrected chi connectivity index (χ2v) is 7.63. The third-order valence-corrected chi connectivity index (χ3v) is 5.27. The number of likely N-dealkylation sites (tertiary alicyclic amines) is 1. The van der Waals surface area contributed by atoms with Crippen molar-refractivity contribution in [1.29, 1.82) is 0 Å². The molecule has 1 atom stereocenters. The molecule has 2 amide bonds. The van der Waals surface area contributed by atoms with Gasteiger partial charge < -0.3 is 16.0 Å². The predicted molar refractivity (Wildman–Crippen MR) is 113 cm³/mol. The largest absolute Gasteiger partial charge is 0.364 e. The number of primary amides is 1. The highest BCUT2D eigenvalue weighted by Gasteiger charge is 2.27. The summed E-state index contributed by atoms with van der Waals surface area (Å²) < 4.78 is 13.3. The number of amides is 2. The lowest BCUT2D eigenvalue weighted by Crippen LogP contribution is -2.29. The smallest absolute Gasteiger partial charge is 0.273 e. The number of hydrogen-bond donors (Lipinski definition) is 2. The summed E-state index contributed by atoms with van der Waals surface area (Å²) >= 11 is 12.4. The molecule has 3 N–H and O–H groups in total. The molecule has 1 aliphatic rings. The standard InChI is InChI=1S/C19H16Cl2FN7O2/c20-12-2-1-3-13(21)16(12)29-26-15(17(23)30)18(27-29)25-14-5-4-10(8-24-14)19(31)28-7-6-11(22)9-28/h1-5,8,11H,6-7,9H2,(H2,23,30)(H,24,25,27)/t11-/m0/s1. The second-order valence-electron chi connectivity index (χ2n) is 6.82. The zero-order chi connectivity index (χ0) is 22.1. The fourth-order valence-corrected chi connectivity index (χ4v) is 3.69. The Bertz CT molecular complexity index is 1130. The van der Waals surface area contributed by atoms with Gasteiger partial charge in [0, 0.05) is 12.7 Å². The van der Waals surface area contributed by atoms with Crippen molar-refractivity contribution >= 4 is 46.7 Å². The average Bonchev–Trinajstić information content (AvgIpc) is 3.34. The molecule has 1 aromatic carbocycles. The van der Waals surface area contributed by atoms with E-state index in [1.807, 2.05) is 0 Å². The van der Waals surface area contributed by atoms with E-state index in [0.717, 1.165) is 4.80 Å². The number of nitrogens with two attached hydrogens (primary N) is 1. The molecular formula is C19H16Cl2FN7O2. The van der Waals surface area contributed by atoms with Gasteiger partial charge in [-0.25, -0.2) is 9.37 Å². The van der Waals surface area contributed by atoms with Gasteiger partial charge in [-0.1, -0.05) is 29.3 Å². The van der Waals surface area contributed by atoms with Crippen molar-refractivity contribution in [3.8, 4) is 5.69 Å². The van der Waals surface area contributed by atoms with Crippen LogP contribution in [0.15, 0.2) is 36.5 Å². The van der Waals surface area contributed by atoms with Gasteiger partial charge >= 0.3 is 0 Å². The Morgan fingerprint density at radius 2 is 1.90 bits per heavy atom. The SMILES string of the molecule is NC(=O)c1nn(-c2c(Cl)cccc2Cl)nc1Nc1ccc(C(=O)N2CC[C@H](F)C2)cn1. The van der Waals surface area contributed by atoms with E-state index in [2.05, 4.69) is 20.5 Å². The van der Waals surface area contributed by atoms with Crippen LogP contribution in [0.25, 0.3) is 5.69 Å². The summed E-state index contributed by atoms with van der Waals surface area (Å²) in [5.41, 5.74) is 5.87. The Labute approximate surface area is 185 Å². The molecule has 9 nitrogen and oxygen atoms in total. The fraction of sp³-hybridized carbons (Fsp3) is 0.211. The van der Waals surface area contributed by atoms with E-state index in [0.29, 0.717) is 24.3 Å². The third kappa shape index (κ3) is 4.30. The number of aromatic nitrogens is 4. The maximum atomic E-state index is 13.3. The maximum absolute atomic E-state index is 13.3. The van der Waals surface area contributed by atoms with E-state index in [1.54, 1.807) is 24.3 Å². The Morgan fingerprint density at radius 3 is 2.48 bits per heavy atom. The maximum Gasteiger partial charge on any atom is 0.273 e. The van der Waals surface area contributed by atoms with E-state index in [1.165, 1.54) is 17.2 Å². The topological polar surface area (TPSA) is 119 Å². The number of para-hydroxylation sites is 1. The van der Waals surface area contributed by atoms with Gasteiger partial charge in [0.15, 0.2) is 11.5 Å². The first-order valence-electron chi connectivity index (χ1n) is 9.21. The summed E-state index contributed by atoms with van der Waals surface area (Å²) in [7, 11) is 0. The summed E-state index contributed by atoms with van der Waals surface area (Å²) in [5.74, 6) is -0.786. The average molecular weight is 464 g/mol. The van der Waals surface area contributed by atoms with Gasteiger partial charge in [0.2, 0.25) is 0 Å². The van der Waals surface area contributed by atoms with Gasteiger partial charge in [0.25, 0.3) is 11.8 Å². The minimum atomic E-state index is -1.00. The van der Waals surface area contributed by atoms with Crippen molar-refractivity contribution in [3.05, 3.63) is 57.8 Å². The van der Waals surface area contributed by atoms with E-state index in [9.17, 15) is 14.0 Å². The number of carbonyl (C=O) groups excluding carboxylic acids is 2. The summed E-state index contributed by atoms with van der Waals surface area (Å²) in [6.45, 7) is 0.449. The van der Waals surface area contributed by atoms with Gasteiger partial charge in [-0.3, -0.25) is 9.59 Å². The van der Waals surface area contributed by atoms with E-state index >= 15 is 0 Å². The van der Waals surface area contributed by atoms with Crippen LogP contribution in [0.2, 0.25) is 10.0 Å². The molecule has 4 rings (SSSR count). The lowest BCUT2D eigenvalue weighted by molar-refractivity contribution is 0.0782. The highest BCUT2D eigenvalue weighted by atomic mass is 35.5. The molecule has 3 aromatic rings. The zero-order valence-corrected chi connectivity index (χ0v) is 17.4. The number of rotatable bonds is 5. The van der Waals surface area contributed by atoms with Crippen LogP contribution in [-0.4, -0.2) is 56.0 Å². The van der Waals surface area contributed by atoms with Gasteiger partial charge in [0.05, 0.1) is 22.2 Å². The Kier molecular flexibility index (Phi) is 5.75. The minimum Gasteiger partial charge on any atom is -0.364 e. The molecule has 31 heavy (non-hydrogen) atoms. The molecule has 3 heterocycles. The number of pyridine rings is 1. The van der Waals surface area contributed by atoms with Crippen molar-refractivity contribution in [3.63, 3.8) is 0 Å². The van der Waals surface area contributed by atoms with E-state index < -0.39 is 12.1 Å². The highest BCUT2D eigenvalue weighted by molar-refractivity contribution is 6.37. The number of nitrogens with one attached hydrogen (secondary N) is 1. The minimum absolute atomic E-state index is 0.0369. The van der Waals surface area contributed by atoms with Crippen LogP contribution in [0.5, 0.6) is 0 Å². The molecule has 1 aliphatic heterocycles. The number of anilines is 2. The molecule has 12 heteroatoms. The number of benzene rings is 1. The van der Waals surface area contributed by atoms with Crippen LogP contribution in [0.3, 0.4) is 0 Å². The number of halogens is 3. The molecule has 2 aromatic heterocycles. The second kappa shape index (κ2) is 8.48. The monoisotopic (exact) mass is 463 g/mol. The quantitative estimate of drug-likeness (QED) is 0.599. The van der Waals surface area contributed by atoms with Crippen molar-refractivity contribution in [2.75, 3.05) is 18.4 Å². The van der Waals surface area contributed by atoms with Crippen molar-refractivity contribution in [1.82, 2.24) is 24.9 Å². The van der Waals surface area contributed by atoms with Crippen LogP contribution in [0.4, 0.5) is 16.0 Å². The van der Waals surface area contributed by atoms with Crippen LogP contribution in [0.1, 0.15) is 27.3 Å². The molecule has 1 saturated heterocycles. The molecule has 1 fully saturated rings. The Morgan fingerprint density at radius 1 is 1.16 bits per heavy atom. The van der Waals surface area contributed by atoms with Gasteiger partial charge in [0.1, 0.15) is 17.7 Å². The summed E-state index contributed by atoms with van der Waals surface area (Å²) in [6, 6.07) is 7.94. The molecule has 0 unspecified atom stereocenters. The molecule has 0 spiro atoms. The first kappa shape index (κ1) is 21.0. The molecular weight excluding hydrogens is 448 g/mol. The number of carbonyl (C=O) groups is 2. The highest BCUT2D eigenvalue weighted by Crippen LogP contribution is 2.28.